The van der Waals surface area contributed by atoms with Crippen LogP contribution in [0.25, 0.3) is 11.4 Å². The summed E-state index contributed by atoms with van der Waals surface area (Å²) in [6, 6.07) is 5.85. The molecule has 0 aliphatic heterocycles. The fourth-order valence-corrected chi connectivity index (χ4v) is 1.84. The molecule has 1 unspecified atom stereocenters. The summed E-state index contributed by atoms with van der Waals surface area (Å²) in [7, 11) is 0. The Labute approximate surface area is 124 Å². The number of carbonyl (C=O) groups is 2. The van der Waals surface area contributed by atoms with E-state index < -0.39 is 24.2 Å². The molecule has 2 rings (SSSR count). The molecule has 1 heterocycles. The van der Waals surface area contributed by atoms with E-state index in [-0.39, 0.29) is 12.4 Å². The molecule has 0 amide bonds. The summed E-state index contributed by atoms with van der Waals surface area (Å²) in [4.78, 5) is 23.3. The summed E-state index contributed by atoms with van der Waals surface area (Å²) < 4.78 is 0. The van der Waals surface area contributed by atoms with E-state index in [9.17, 15) is 9.59 Å². The number of ketones is 1. The monoisotopic (exact) mass is 309 g/mol. The van der Waals surface area contributed by atoms with E-state index in [1.807, 2.05) is 0 Å². The average molecular weight is 310 g/mol. The van der Waals surface area contributed by atoms with Gasteiger partial charge in [-0.2, -0.15) is 4.80 Å². The number of halogens is 1. The standard InChI is InChI=1S/C12H12ClN5O3/c13-8-4-2-1-3-7(8)12-15-17-18(16-12)6-10(19)9(14)5-11(20)21/h1-4,9H,5-6,14H2,(H,20,21). The van der Waals surface area contributed by atoms with Crippen LogP contribution in [0.15, 0.2) is 24.3 Å². The molecule has 9 heteroatoms. The Morgan fingerprint density at radius 2 is 2.10 bits per heavy atom. The van der Waals surface area contributed by atoms with E-state index in [0.717, 1.165) is 4.80 Å². The maximum Gasteiger partial charge on any atom is 0.305 e. The Kier molecular flexibility index (Phi) is 4.61. The van der Waals surface area contributed by atoms with Gasteiger partial charge in [-0.1, -0.05) is 23.7 Å². The lowest BCUT2D eigenvalue weighted by atomic mass is 10.1. The number of nitrogens with two attached hydrogens (primary N) is 1. The third-order valence-electron chi connectivity index (χ3n) is 2.67. The minimum atomic E-state index is -1.14. The van der Waals surface area contributed by atoms with Gasteiger partial charge >= 0.3 is 5.97 Å². The van der Waals surface area contributed by atoms with E-state index in [4.69, 9.17) is 22.4 Å². The minimum absolute atomic E-state index is 0.244. The van der Waals surface area contributed by atoms with Gasteiger partial charge < -0.3 is 10.8 Å². The van der Waals surface area contributed by atoms with Gasteiger partial charge in [-0.3, -0.25) is 9.59 Å². The number of nitrogens with zero attached hydrogens (tertiary/aromatic N) is 4. The molecule has 2 aromatic rings. The fourth-order valence-electron chi connectivity index (χ4n) is 1.62. The molecular weight excluding hydrogens is 298 g/mol. The first-order chi connectivity index (χ1) is 9.97. The van der Waals surface area contributed by atoms with Crippen LogP contribution in [-0.4, -0.2) is 43.1 Å². The van der Waals surface area contributed by atoms with Crippen LogP contribution in [0.3, 0.4) is 0 Å². The van der Waals surface area contributed by atoms with Gasteiger partial charge in [-0.25, -0.2) is 0 Å². The molecular formula is C12H12ClN5O3. The molecule has 110 valence electrons. The van der Waals surface area contributed by atoms with Gasteiger partial charge in [0.05, 0.1) is 17.5 Å². The van der Waals surface area contributed by atoms with Crippen molar-refractivity contribution in [1.29, 1.82) is 0 Å². The van der Waals surface area contributed by atoms with Crippen molar-refractivity contribution in [2.45, 2.75) is 19.0 Å². The van der Waals surface area contributed by atoms with Gasteiger partial charge in [-0.05, 0) is 17.3 Å². The number of carbonyl (C=O) groups excluding carboxylic acids is 1. The van der Waals surface area contributed by atoms with Crippen LogP contribution in [-0.2, 0) is 16.1 Å². The first-order valence-electron chi connectivity index (χ1n) is 6.00. The number of Topliss-reactive ketones (excluding diaryl/α,β-unsaturated/α-hetero) is 1. The summed E-state index contributed by atoms with van der Waals surface area (Å²) in [5.74, 6) is -1.35. The van der Waals surface area contributed by atoms with Crippen molar-refractivity contribution in [2.75, 3.05) is 0 Å². The topological polar surface area (TPSA) is 124 Å². The molecule has 0 saturated heterocycles. The van der Waals surface area contributed by atoms with Crippen LogP contribution in [0.5, 0.6) is 0 Å². The highest BCUT2D eigenvalue weighted by molar-refractivity contribution is 6.33. The van der Waals surface area contributed by atoms with Crippen molar-refractivity contribution in [2.24, 2.45) is 5.73 Å². The lowest BCUT2D eigenvalue weighted by Gasteiger charge is -2.06. The van der Waals surface area contributed by atoms with Crippen molar-refractivity contribution in [3.63, 3.8) is 0 Å². The molecule has 3 N–H and O–H groups in total. The van der Waals surface area contributed by atoms with Crippen LogP contribution >= 0.6 is 11.6 Å². The smallest absolute Gasteiger partial charge is 0.305 e. The highest BCUT2D eigenvalue weighted by Gasteiger charge is 2.19. The number of hydrogen-bond acceptors (Lipinski definition) is 6. The quantitative estimate of drug-likeness (QED) is 0.789. The number of aromatic nitrogens is 4. The predicted octanol–water partition coefficient (Wildman–Crippen LogP) is 0.365. The number of hydrogen-bond donors (Lipinski definition) is 2. The number of aliphatic carboxylic acids is 1. The summed E-state index contributed by atoms with van der Waals surface area (Å²) >= 11 is 6.01. The van der Waals surface area contributed by atoms with Crippen LogP contribution in [0.4, 0.5) is 0 Å². The van der Waals surface area contributed by atoms with Crippen molar-refractivity contribution in [3.05, 3.63) is 29.3 Å². The van der Waals surface area contributed by atoms with Gasteiger partial charge in [0.25, 0.3) is 0 Å². The van der Waals surface area contributed by atoms with Crippen molar-refractivity contribution in [3.8, 4) is 11.4 Å². The molecule has 0 saturated carbocycles. The molecule has 21 heavy (non-hydrogen) atoms. The Hall–Kier alpha value is -2.32. The molecule has 1 aromatic carbocycles. The zero-order valence-corrected chi connectivity index (χ0v) is 11.6. The molecule has 0 radical (unpaired) electrons. The summed E-state index contributed by atoms with van der Waals surface area (Å²) in [5, 5.41) is 20.6. The molecule has 0 spiro atoms. The van der Waals surface area contributed by atoms with Gasteiger partial charge in [-0.15, -0.1) is 10.2 Å². The lowest BCUT2D eigenvalue weighted by molar-refractivity contribution is -0.139. The van der Waals surface area contributed by atoms with Crippen LogP contribution < -0.4 is 5.73 Å². The first-order valence-corrected chi connectivity index (χ1v) is 6.38. The second-order valence-electron chi connectivity index (χ2n) is 4.29. The zero-order chi connectivity index (χ0) is 15.4. The van der Waals surface area contributed by atoms with Crippen LogP contribution in [0.2, 0.25) is 5.02 Å². The van der Waals surface area contributed by atoms with E-state index in [2.05, 4.69) is 15.4 Å². The first kappa shape index (κ1) is 15.1. The minimum Gasteiger partial charge on any atom is -0.481 e. The van der Waals surface area contributed by atoms with E-state index in [0.29, 0.717) is 10.6 Å². The van der Waals surface area contributed by atoms with E-state index in [1.54, 1.807) is 24.3 Å². The van der Waals surface area contributed by atoms with Crippen molar-refractivity contribution < 1.29 is 14.7 Å². The largest absolute Gasteiger partial charge is 0.481 e. The number of carboxylic acid groups (broad SMARTS) is 1. The molecule has 0 fully saturated rings. The number of tetrazole rings is 1. The van der Waals surface area contributed by atoms with Crippen molar-refractivity contribution >= 4 is 23.4 Å². The second kappa shape index (κ2) is 6.42. The maximum atomic E-state index is 11.7. The molecule has 0 aliphatic rings. The summed E-state index contributed by atoms with van der Waals surface area (Å²) in [6.07, 6.45) is -0.440. The SMILES string of the molecule is NC(CC(=O)O)C(=O)Cn1nnc(-c2ccccc2Cl)n1. The molecule has 1 aromatic heterocycles. The van der Waals surface area contributed by atoms with Crippen LogP contribution in [0, 0.1) is 0 Å². The third kappa shape index (κ3) is 3.83. The highest BCUT2D eigenvalue weighted by atomic mass is 35.5. The fraction of sp³-hybridized carbons (Fsp3) is 0.250. The normalized spacial score (nSPS) is 12.1. The predicted molar refractivity (Wildman–Crippen MR) is 73.5 cm³/mol. The van der Waals surface area contributed by atoms with Gasteiger partial charge in [0.1, 0.15) is 6.54 Å². The Bertz CT molecular complexity index is 672. The summed E-state index contributed by atoms with van der Waals surface area (Å²) in [5.41, 5.74) is 6.06. The third-order valence-corrected chi connectivity index (χ3v) is 3.00. The van der Waals surface area contributed by atoms with Gasteiger partial charge in [0.15, 0.2) is 5.78 Å². The van der Waals surface area contributed by atoms with Gasteiger partial charge in [0, 0.05) is 5.56 Å². The maximum absolute atomic E-state index is 11.7. The average Bonchev–Trinajstić information content (AvgIpc) is 2.86. The van der Waals surface area contributed by atoms with E-state index >= 15 is 0 Å². The lowest BCUT2D eigenvalue weighted by Crippen LogP contribution is -2.35. The molecule has 8 nitrogen and oxygen atoms in total. The number of carboxylic acids is 1. The highest BCUT2D eigenvalue weighted by Crippen LogP contribution is 2.23. The van der Waals surface area contributed by atoms with E-state index in [1.165, 1.54) is 0 Å². The number of rotatable bonds is 6. The van der Waals surface area contributed by atoms with Gasteiger partial charge in [0.2, 0.25) is 5.82 Å². The molecule has 1 atom stereocenters. The zero-order valence-electron chi connectivity index (χ0n) is 10.8. The number of benzene rings is 1. The molecule has 0 bridgehead atoms. The van der Waals surface area contributed by atoms with Crippen LogP contribution in [0.1, 0.15) is 6.42 Å². The Morgan fingerprint density at radius 3 is 2.76 bits per heavy atom. The summed E-state index contributed by atoms with van der Waals surface area (Å²) in [6.45, 7) is -0.244. The Balaban J connectivity index is 2.09. The van der Waals surface area contributed by atoms with Crippen molar-refractivity contribution in [1.82, 2.24) is 20.2 Å². The molecule has 0 aliphatic carbocycles. The second-order valence-corrected chi connectivity index (χ2v) is 4.70. The Morgan fingerprint density at radius 1 is 1.38 bits per heavy atom.